The van der Waals surface area contributed by atoms with Crippen LogP contribution in [0.25, 0.3) is 6.08 Å². The van der Waals surface area contributed by atoms with E-state index < -0.39 is 37.0 Å². The molecule has 0 unspecified atom stereocenters. The number of ether oxygens (including phenoxy) is 2. The van der Waals surface area contributed by atoms with Crippen LogP contribution in [0.1, 0.15) is 11.1 Å². The number of carboxylic acid groups (broad SMARTS) is 1. The van der Waals surface area contributed by atoms with Gasteiger partial charge in [0.25, 0.3) is 5.91 Å². The van der Waals surface area contributed by atoms with Crippen LogP contribution in [0.15, 0.2) is 46.6 Å². The lowest BCUT2D eigenvalue weighted by molar-refractivity contribution is -0.139. The predicted octanol–water partition coefficient (Wildman–Crippen LogP) is 2.76. The van der Waals surface area contributed by atoms with Gasteiger partial charge in [0, 0.05) is 10.2 Å². The van der Waals surface area contributed by atoms with Gasteiger partial charge >= 0.3 is 12.0 Å². The summed E-state index contributed by atoms with van der Waals surface area (Å²) in [6, 6.07) is 9.41. The summed E-state index contributed by atoms with van der Waals surface area (Å²) in [5, 5.41) is 13.9. The van der Waals surface area contributed by atoms with Gasteiger partial charge in [-0.2, -0.15) is 0 Å². The Labute approximate surface area is 197 Å². The third-order valence-corrected chi connectivity index (χ3v) is 5.19. The van der Waals surface area contributed by atoms with Crippen molar-refractivity contribution in [2.75, 3.05) is 25.6 Å². The Morgan fingerprint density at radius 3 is 2.64 bits per heavy atom. The summed E-state index contributed by atoms with van der Waals surface area (Å²) in [5.41, 5.74) is 1.94. The second-order valence-electron chi connectivity index (χ2n) is 7.00. The van der Waals surface area contributed by atoms with Gasteiger partial charge in [-0.1, -0.05) is 28.1 Å². The molecule has 1 heterocycles. The fraction of sp³-hybridized carbons (Fsp3) is 0.182. The molecule has 1 fully saturated rings. The van der Waals surface area contributed by atoms with Crippen molar-refractivity contribution in [3.8, 4) is 11.5 Å². The number of nitrogens with one attached hydrogen (secondary N) is 2. The molecule has 2 aromatic carbocycles. The molecule has 0 aromatic heterocycles. The van der Waals surface area contributed by atoms with Gasteiger partial charge in [0.05, 0.1) is 7.11 Å². The number of nitrogens with zero attached hydrogens (tertiary/aromatic N) is 1. The van der Waals surface area contributed by atoms with E-state index in [2.05, 4.69) is 26.6 Å². The first-order valence-corrected chi connectivity index (χ1v) is 10.4. The number of hydrogen-bond acceptors (Lipinski definition) is 6. The molecule has 172 valence electrons. The molecule has 3 rings (SSSR count). The molecule has 33 heavy (non-hydrogen) atoms. The Hall–Kier alpha value is -3.86. The first kappa shape index (κ1) is 23.8. The third-order valence-electron chi connectivity index (χ3n) is 4.50. The van der Waals surface area contributed by atoms with Crippen LogP contribution in [0.2, 0.25) is 0 Å². The Balaban J connectivity index is 1.76. The Kier molecular flexibility index (Phi) is 7.34. The molecule has 4 amide bonds. The summed E-state index contributed by atoms with van der Waals surface area (Å²) in [7, 11) is 1.38. The molecule has 0 radical (unpaired) electrons. The fourth-order valence-electron chi connectivity index (χ4n) is 3.01. The normalized spacial score (nSPS) is 14.3. The Morgan fingerprint density at radius 1 is 1.21 bits per heavy atom. The van der Waals surface area contributed by atoms with Crippen LogP contribution in [0.4, 0.5) is 10.5 Å². The van der Waals surface area contributed by atoms with Gasteiger partial charge in [0.15, 0.2) is 18.1 Å². The van der Waals surface area contributed by atoms with Crippen LogP contribution in [-0.2, 0) is 14.4 Å². The summed E-state index contributed by atoms with van der Waals surface area (Å²) in [5.74, 6) is -1.92. The van der Waals surface area contributed by atoms with Crippen molar-refractivity contribution >= 4 is 51.5 Å². The maximum Gasteiger partial charge on any atom is 0.341 e. The zero-order chi connectivity index (χ0) is 24.1. The number of urea groups is 1. The van der Waals surface area contributed by atoms with E-state index in [9.17, 15) is 19.2 Å². The highest BCUT2D eigenvalue weighted by Crippen LogP contribution is 2.35. The summed E-state index contributed by atoms with van der Waals surface area (Å²) < 4.78 is 10.9. The minimum Gasteiger partial charge on any atom is -0.493 e. The van der Waals surface area contributed by atoms with E-state index in [-0.39, 0.29) is 17.2 Å². The monoisotopic (exact) mass is 517 g/mol. The highest BCUT2D eigenvalue weighted by atomic mass is 79.9. The quantitative estimate of drug-likeness (QED) is 0.362. The van der Waals surface area contributed by atoms with Crippen molar-refractivity contribution in [2.45, 2.75) is 6.92 Å². The minimum absolute atomic E-state index is 0.0367. The molecular weight excluding hydrogens is 498 g/mol. The molecule has 11 heteroatoms. The van der Waals surface area contributed by atoms with Crippen LogP contribution in [0.5, 0.6) is 11.5 Å². The third kappa shape index (κ3) is 5.89. The first-order valence-electron chi connectivity index (χ1n) is 9.61. The lowest BCUT2D eigenvalue weighted by Gasteiger charge is -2.12. The molecule has 10 nitrogen and oxygen atoms in total. The second-order valence-corrected chi connectivity index (χ2v) is 7.86. The number of anilines is 1. The van der Waals surface area contributed by atoms with E-state index >= 15 is 0 Å². The van der Waals surface area contributed by atoms with E-state index in [1.54, 1.807) is 18.2 Å². The highest BCUT2D eigenvalue weighted by molar-refractivity contribution is 9.10. The lowest BCUT2D eigenvalue weighted by Crippen LogP contribution is -2.38. The van der Waals surface area contributed by atoms with Gasteiger partial charge in [-0.3, -0.25) is 9.59 Å². The topological polar surface area (TPSA) is 134 Å². The van der Waals surface area contributed by atoms with Crippen molar-refractivity contribution in [3.63, 3.8) is 0 Å². The average molecular weight is 518 g/mol. The molecule has 0 atom stereocenters. The number of imide groups is 1. The molecule has 3 N–H and O–H groups in total. The van der Waals surface area contributed by atoms with Gasteiger partial charge in [-0.15, -0.1) is 0 Å². The van der Waals surface area contributed by atoms with Gasteiger partial charge in [-0.25, -0.2) is 14.5 Å². The summed E-state index contributed by atoms with van der Waals surface area (Å²) in [6.07, 6.45) is 1.41. The maximum absolute atomic E-state index is 12.7. The van der Waals surface area contributed by atoms with E-state index in [1.165, 1.54) is 25.3 Å². The molecule has 0 saturated carbocycles. The number of carbonyl (C=O) groups excluding carboxylic acids is 3. The van der Waals surface area contributed by atoms with Crippen molar-refractivity contribution in [3.05, 3.63) is 57.7 Å². The molecule has 0 bridgehead atoms. The summed E-state index contributed by atoms with van der Waals surface area (Å²) in [6.45, 7) is 0.863. The SMILES string of the molecule is COc1cc(/C=C2/NC(=O)N(CC(=O)Nc3cccc(C)c3)C2=O)c(Br)cc1OCC(=O)O. The molecular formula is C22H20BrN3O7. The molecule has 1 aliphatic rings. The number of aryl methyl sites for hydroxylation is 1. The van der Waals surface area contributed by atoms with Crippen molar-refractivity contribution in [1.82, 2.24) is 10.2 Å². The van der Waals surface area contributed by atoms with Gasteiger partial charge in [-0.05, 0) is 48.4 Å². The smallest absolute Gasteiger partial charge is 0.341 e. The maximum atomic E-state index is 12.7. The lowest BCUT2D eigenvalue weighted by atomic mass is 10.1. The van der Waals surface area contributed by atoms with E-state index in [0.29, 0.717) is 15.7 Å². The first-order chi connectivity index (χ1) is 15.7. The van der Waals surface area contributed by atoms with Crippen molar-refractivity contribution in [2.24, 2.45) is 0 Å². The number of aliphatic carboxylic acids is 1. The number of amides is 4. The fourth-order valence-corrected chi connectivity index (χ4v) is 3.45. The van der Waals surface area contributed by atoms with Crippen LogP contribution in [0.3, 0.4) is 0 Å². The number of methoxy groups -OCH3 is 1. The highest BCUT2D eigenvalue weighted by Gasteiger charge is 2.35. The molecule has 0 spiro atoms. The summed E-state index contributed by atoms with van der Waals surface area (Å²) in [4.78, 5) is 48.9. The minimum atomic E-state index is -1.15. The average Bonchev–Trinajstić information content (AvgIpc) is 3.01. The van der Waals surface area contributed by atoms with Crippen LogP contribution < -0.4 is 20.1 Å². The standard InChI is InChI=1S/C22H20BrN3O7/c1-12-4-3-5-14(6-12)24-19(27)10-26-21(30)16(25-22(26)31)7-13-8-17(32-2)18(9-15(13)23)33-11-20(28)29/h3-9H,10-11H2,1-2H3,(H,24,27)(H,25,31)(H,28,29)/b16-7+. The zero-order valence-corrected chi connectivity index (χ0v) is 19.3. The van der Waals surface area contributed by atoms with Crippen LogP contribution in [-0.4, -0.2) is 54.1 Å². The molecule has 1 saturated heterocycles. The largest absolute Gasteiger partial charge is 0.493 e. The van der Waals surface area contributed by atoms with Gasteiger partial charge in [0.1, 0.15) is 12.2 Å². The van der Waals surface area contributed by atoms with E-state index in [0.717, 1.165) is 10.5 Å². The number of halogens is 1. The number of carboxylic acids is 1. The number of carbonyl (C=O) groups is 4. The van der Waals surface area contributed by atoms with E-state index in [1.807, 2.05) is 13.0 Å². The van der Waals surface area contributed by atoms with E-state index in [4.69, 9.17) is 14.6 Å². The molecule has 0 aliphatic carbocycles. The Morgan fingerprint density at radius 2 is 1.97 bits per heavy atom. The number of hydrogen-bond donors (Lipinski definition) is 3. The second kappa shape index (κ2) is 10.2. The number of rotatable bonds is 8. The molecule has 2 aromatic rings. The van der Waals surface area contributed by atoms with Crippen molar-refractivity contribution in [1.29, 1.82) is 0 Å². The van der Waals surface area contributed by atoms with Gasteiger partial charge in [0.2, 0.25) is 5.91 Å². The van der Waals surface area contributed by atoms with Gasteiger partial charge < -0.3 is 25.2 Å². The zero-order valence-electron chi connectivity index (χ0n) is 17.7. The summed E-state index contributed by atoms with van der Waals surface area (Å²) >= 11 is 3.33. The molecule has 1 aliphatic heterocycles. The van der Waals surface area contributed by atoms with Crippen LogP contribution in [0, 0.1) is 6.92 Å². The predicted molar refractivity (Wildman–Crippen MR) is 122 cm³/mol. The Bertz CT molecular complexity index is 1160. The van der Waals surface area contributed by atoms with Crippen LogP contribution >= 0.6 is 15.9 Å². The van der Waals surface area contributed by atoms with Crippen molar-refractivity contribution < 1.29 is 33.8 Å². The number of benzene rings is 2.